The Morgan fingerprint density at radius 1 is 1.00 bits per heavy atom. The molecule has 0 spiro atoms. The Morgan fingerprint density at radius 3 is 2.37 bits per heavy atom. The Labute approximate surface area is 187 Å². The third kappa shape index (κ3) is 4.30. The molecule has 1 aromatic heterocycles. The molecule has 0 radical (unpaired) electrons. The van der Waals surface area contributed by atoms with Crippen molar-refractivity contribution in [3.63, 3.8) is 0 Å². The van der Waals surface area contributed by atoms with Gasteiger partial charge in [-0.25, -0.2) is 9.67 Å². The van der Waals surface area contributed by atoms with Crippen LogP contribution in [-0.2, 0) is 0 Å². The number of hydrogen-bond donors (Lipinski definition) is 1. The van der Waals surface area contributed by atoms with Gasteiger partial charge in [0, 0.05) is 20.7 Å². The SMILES string of the molecule is Cc1ccc(-n2nc(C(=O)Nc3ccc(Br)cc3C)nc2-c2ccc(Cl)cc2)cc1. The van der Waals surface area contributed by atoms with E-state index in [0.717, 1.165) is 26.9 Å². The van der Waals surface area contributed by atoms with Crippen LogP contribution >= 0.6 is 27.5 Å². The van der Waals surface area contributed by atoms with Gasteiger partial charge in [-0.15, -0.1) is 5.10 Å². The summed E-state index contributed by atoms with van der Waals surface area (Å²) in [6.07, 6.45) is 0. The highest BCUT2D eigenvalue weighted by atomic mass is 79.9. The maximum absolute atomic E-state index is 12.9. The molecule has 0 saturated carbocycles. The van der Waals surface area contributed by atoms with Gasteiger partial charge in [0.15, 0.2) is 5.82 Å². The second-order valence-corrected chi connectivity index (χ2v) is 8.28. The van der Waals surface area contributed by atoms with Crippen LogP contribution in [0.3, 0.4) is 0 Å². The molecule has 0 aliphatic carbocycles. The zero-order valence-electron chi connectivity index (χ0n) is 16.4. The first kappa shape index (κ1) is 20.3. The van der Waals surface area contributed by atoms with Gasteiger partial charge in [-0.3, -0.25) is 4.79 Å². The second-order valence-electron chi connectivity index (χ2n) is 6.93. The van der Waals surface area contributed by atoms with Crippen LogP contribution in [-0.4, -0.2) is 20.7 Å². The van der Waals surface area contributed by atoms with Crippen LogP contribution in [0.1, 0.15) is 21.7 Å². The van der Waals surface area contributed by atoms with Gasteiger partial charge in [0.1, 0.15) is 0 Å². The van der Waals surface area contributed by atoms with E-state index in [1.807, 2.05) is 68.4 Å². The highest BCUT2D eigenvalue weighted by molar-refractivity contribution is 9.10. The van der Waals surface area contributed by atoms with Crippen LogP contribution in [0.15, 0.2) is 71.2 Å². The molecule has 1 heterocycles. The zero-order chi connectivity index (χ0) is 21.3. The first-order valence-electron chi connectivity index (χ1n) is 9.28. The lowest BCUT2D eigenvalue weighted by molar-refractivity contribution is 0.101. The number of aromatic nitrogens is 3. The van der Waals surface area contributed by atoms with Crippen LogP contribution in [0.5, 0.6) is 0 Å². The maximum Gasteiger partial charge on any atom is 0.295 e. The van der Waals surface area contributed by atoms with E-state index in [1.54, 1.807) is 16.8 Å². The summed E-state index contributed by atoms with van der Waals surface area (Å²) in [4.78, 5) is 17.4. The summed E-state index contributed by atoms with van der Waals surface area (Å²) in [5, 5.41) is 8.03. The van der Waals surface area contributed by atoms with Crippen LogP contribution in [0.2, 0.25) is 5.02 Å². The molecule has 0 aliphatic rings. The number of nitrogens with one attached hydrogen (secondary N) is 1. The third-order valence-corrected chi connectivity index (χ3v) is 5.37. The molecule has 1 amide bonds. The fourth-order valence-corrected chi connectivity index (χ4v) is 3.61. The number of amides is 1. The molecule has 0 bridgehead atoms. The largest absolute Gasteiger partial charge is 0.319 e. The smallest absolute Gasteiger partial charge is 0.295 e. The number of carbonyl (C=O) groups excluding carboxylic acids is 1. The number of benzene rings is 3. The molecule has 0 unspecified atom stereocenters. The maximum atomic E-state index is 12.9. The first-order valence-corrected chi connectivity index (χ1v) is 10.5. The van der Waals surface area contributed by atoms with Crippen molar-refractivity contribution in [3.05, 3.63) is 93.2 Å². The lowest BCUT2D eigenvalue weighted by Gasteiger charge is -2.07. The van der Waals surface area contributed by atoms with Crippen molar-refractivity contribution in [3.8, 4) is 17.1 Å². The van der Waals surface area contributed by atoms with E-state index >= 15 is 0 Å². The zero-order valence-corrected chi connectivity index (χ0v) is 18.7. The number of rotatable bonds is 4. The first-order chi connectivity index (χ1) is 14.4. The lowest BCUT2D eigenvalue weighted by Crippen LogP contribution is -2.15. The van der Waals surface area contributed by atoms with E-state index in [9.17, 15) is 4.79 Å². The number of hydrogen-bond acceptors (Lipinski definition) is 3. The molecule has 150 valence electrons. The number of nitrogens with zero attached hydrogens (tertiary/aromatic N) is 3. The minimum atomic E-state index is -0.374. The quantitative estimate of drug-likeness (QED) is 0.376. The molecular formula is C23H18BrClN4O. The predicted molar refractivity (Wildman–Crippen MR) is 123 cm³/mol. The summed E-state index contributed by atoms with van der Waals surface area (Å²) >= 11 is 9.47. The molecular weight excluding hydrogens is 464 g/mol. The summed E-state index contributed by atoms with van der Waals surface area (Å²) in [5.74, 6) is 0.275. The Bertz CT molecular complexity index is 1150. The lowest BCUT2D eigenvalue weighted by atomic mass is 10.2. The molecule has 1 N–H and O–H groups in total. The fourth-order valence-electron chi connectivity index (χ4n) is 3.01. The Morgan fingerprint density at radius 2 is 1.70 bits per heavy atom. The molecule has 0 atom stereocenters. The van der Waals surface area contributed by atoms with Crippen LogP contribution < -0.4 is 5.32 Å². The van der Waals surface area contributed by atoms with Crippen molar-refractivity contribution in [2.75, 3.05) is 5.32 Å². The fraction of sp³-hybridized carbons (Fsp3) is 0.0870. The third-order valence-electron chi connectivity index (χ3n) is 4.63. The highest BCUT2D eigenvalue weighted by Crippen LogP contribution is 2.24. The minimum Gasteiger partial charge on any atom is -0.319 e. The van der Waals surface area contributed by atoms with Gasteiger partial charge in [0.2, 0.25) is 5.82 Å². The summed E-state index contributed by atoms with van der Waals surface area (Å²) in [7, 11) is 0. The van der Waals surface area contributed by atoms with Crippen LogP contribution in [0.25, 0.3) is 17.1 Å². The molecule has 4 aromatic rings. The van der Waals surface area contributed by atoms with Gasteiger partial charge >= 0.3 is 0 Å². The minimum absolute atomic E-state index is 0.0860. The van der Waals surface area contributed by atoms with Gasteiger partial charge in [-0.1, -0.05) is 45.2 Å². The number of anilines is 1. The molecule has 0 aliphatic heterocycles. The number of aryl methyl sites for hydroxylation is 2. The Kier molecular flexibility index (Phi) is 5.70. The molecule has 0 saturated heterocycles. The topological polar surface area (TPSA) is 59.8 Å². The normalized spacial score (nSPS) is 10.8. The summed E-state index contributed by atoms with van der Waals surface area (Å²) in [5.41, 5.74) is 4.41. The van der Waals surface area contributed by atoms with E-state index in [-0.39, 0.29) is 11.7 Å². The number of halogens is 2. The average Bonchev–Trinajstić information content (AvgIpc) is 3.17. The highest BCUT2D eigenvalue weighted by Gasteiger charge is 2.19. The van der Waals surface area contributed by atoms with E-state index in [1.165, 1.54) is 0 Å². The molecule has 5 nitrogen and oxygen atoms in total. The van der Waals surface area contributed by atoms with Gasteiger partial charge in [0.05, 0.1) is 5.69 Å². The van der Waals surface area contributed by atoms with E-state index in [4.69, 9.17) is 11.6 Å². The molecule has 3 aromatic carbocycles. The van der Waals surface area contributed by atoms with Gasteiger partial charge in [-0.05, 0) is 74.0 Å². The van der Waals surface area contributed by atoms with Crippen molar-refractivity contribution >= 4 is 39.1 Å². The monoisotopic (exact) mass is 480 g/mol. The van der Waals surface area contributed by atoms with Gasteiger partial charge < -0.3 is 5.32 Å². The van der Waals surface area contributed by atoms with Crippen LogP contribution in [0.4, 0.5) is 5.69 Å². The van der Waals surface area contributed by atoms with Crippen molar-refractivity contribution in [1.82, 2.24) is 14.8 Å². The summed E-state index contributed by atoms with van der Waals surface area (Å²) in [6, 6.07) is 20.8. The van der Waals surface area contributed by atoms with Gasteiger partial charge in [-0.2, -0.15) is 0 Å². The summed E-state index contributed by atoms with van der Waals surface area (Å²) < 4.78 is 2.62. The van der Waals surface area contributed by atoms with Crippen molar-refractivity contribution < 1.29 is 4.79 Å². The molecule has 7 heteroatoms. The Hall–Kier alpha value is -2.96. The predicted octanol–water partition coefficient (Wildman–Crippen LogP) is 6.22. The van der Waals surface area contributed by atoms with Crippen molar-refractivity contribution in [2.24, 2.45) is 0 Å². The second kappa shape index (κ2) is 8.42. The van der Waals surface area contributed by atoms with E-state index in [0.29, 0.717) is 16.5 Å². The van der Waals surface area contributed by atoms with Crippen molar-refractivity contribution in [2.45, 2.75) is 13.8 Å². The van der Waals surface area contributed by atoms with E-state index < -0.39 is 0 Å². The van der Waals surface area contributed by atoms with Crippen molar-refractivity contribution in [1.29, 1.82) is 0 Å². The van der Waals surface area contributed by atoms with E-state index in [2.05, 4.69) is 31.3 Å². The average molecular weight is 482 g/mol. The van der Waals surface area contributed by atoms with Gasteiger partial charge in [0.25, 0.3) is 5.91 Å². The Balaban J connectivity index is 1.75. The summed E-state index contributed by atoms with van der Waals surface area (Å²) in [6.45, 7) is 3.95. The molecule has 30 heavy (non-hydrogen) atoms. The number of carbonyl (C=O) groups is 1. The molecule has 4 rings (SSSR count). The molecule has 0 fully saturated rings. The standard InChI is InChI=1S/C23H18BrClN4O/c1-14-3-10-19(11-4-14)29-22(16-5-8-18(25)9-6-16)27-21(28-29)23(30)26-20-12-7-17(24)13-15(20)2/h3-13H,1-2H3,(H,26,30). The van der Waals surface area contributed by atoms with Crippen LogP contribution in [0, 0.1) is 13.8 Å².